The van der Waals surface area contributed by atoms with Crippen molar-refractivity contribution in [1.29, 1.82) is 0 Å². The normalized spacial score (nSPS) is 20.4. The molecule has 6 nitrogen and oxygen atoms in total. The van der Waals surface area contributed by atoms with Crippen LogP contribution in [0.15, 0.2) is 18.2 Å². The Kier molecular flexibility index (Phi) is 15.5. The van der Waals surface area contributed by atoms with Gasteiger partial charge < -0.3 is 25.4 Å². The van der Waals surface area contributed by atoms with Gasteiger partial charge in [-0.25, -0.2) is 9.18 Å². The molecule has 0 radical (unpaired) electrons. The van der Waals surface area contributed by atoms with Gasteiger partial charge in [-0.15, -0.1) is 0 Å². The fraction of sp³-hybridized carbons (Fsp3) is 0.759. The van der Waals surface area contributed by atoms with Crippen molar-refractivity contribution in [2.45, 2.75) is 89.7 Å². The van der Waals surface area contributed by atoms with E-state index in [4.69, 9.17) is 16.3 Å². The molecule has 1 heterocycles. The summed E-state index contributed by atoms with van der Waals surface area (Å²) in [5.41, 5.74) is 0.247. The van der Waals surface area contributed by atoms with Crippen molar-refractivity contribution in [3.8, 4) is 0 Å². The first kappa shape index (κ1) is 31.8. The molecule has 212 valence electrons. The Balaban J connectivity index is 0.000000717. The third kappa shape index (κ3) is 11.1. The Bertz CT molecular complexity index is 775. The lowest BCUT2D eigenvalue weighted by atomic mass is 9.85. The summed E-state index contributed by atoms with van der Waals surface area (Å²) in [5.74, 6) is 0.0536. The van der Waals surface area contributed by atoms with Gasteiger partial charge in [0.05, 0.1) is 11.1 Å². The van der Waals surface area contributed by atoms with Crippen molar-refractivity contribution in [2.24, 2.45) is 11.8 Å². The summed E-state index contributed by atoms with van der Waals surface area (Å²) in [6.45, 7) is 5.05. The van der Waals surface area contributed by atoms with Gasteiger partial charge in [0.25, 0.3) is 0 Å². The number of rotatable bonds is 10. The van der Waals surface area contributed by atoms with Crippen molar-refractivity contribution in [1.82, 2.24) is 15.5 Å². The highest BCUT2D eigenvalue weighted by atomic mass is 35.5. The lowest BCUT2D eigenvalue weighted by Gasteiger charge is -2.29. The first-order valence-corrected chi connectivity index (χ1v) is 14.6. The summed E-state index contributed by atoms with van der Waals surface area (Å²) in [7, 11) is 3.66. The van der Waals surface area contributed by atoms with Gasteiger partial charge in [-0.1, -0.05) is 69.2 Å². The fourth-order valence-corrected chi connectivity index (χ4v) is 5.65. The molecule has 2 fully saturated rings. The summed E-state index contributed by atoms with van der Waals surface area (Å²) >= 11 is 5.89. The van der Waals surface area contributed by atoms with Gasteiger partial charge in [0.15, 0.2) is 0 Å². The standard InChI is InChI=1S/C24H37ClFN3O2.C5H12O/c1-27-16-19(15-17-7-3-2-4-8-17)28-24(31)29-13-6-9-18(12-14-29)23(30)20-10-5-11-21(25)22(20)26;1-3-4-5-6-2/h5,10-11,17-19,23,27,30H,2-4,6-9,12-16H2,1H3,(H,28,31);3-5H2,1-2H3. The molecular weight excluding hydrogens is 493 g/mol. The summed E-state index contributed by atoms with van der Waals surface area (Å²) in [6.07, 6.45) is 11.2. The lowest BCUT2D eigenvalue weighted by molar-refractivity contribution is 0.0954. The number of carbonyl (C=O) groups excluding carboxylic acids is 1. The molecule has 1 aliphatic heterocycles. The van der Waals surface area contributed by atoms with E-state index < -0.39 is 11.9 Å². The van der Waals surface area contributed by atoms with Crippen molar-refractivity contribution in [3.63, 3.8) is 0 Å². The van der Waals surface area contributed by atoms with Crippen molar-refractivity contribution in [3.05, 3.63) is 34.6 Å². The van der Waals surface area contributed by atoms with Crippen LogP contribution in [0.3, 0.4) is 0 Å². The van der Waals surface area contributed by atoms with Gasteiger partial charge in [-0.2, -0.15) is 0 Å². The van der Waals surface area contributed by atoms with Crippen LogP contribution in [-0.2, 0) is 4.74 Å². The second-order valence-electron chi connectivity index (χ2n) is 10.6. The Labute approximate surface area is 228 Å². The number of carbonyl (C=O) groups is 1. The summed E-state index contributed by atoms with van der Waals surface area (Å²) in [5, 5.41) is 17.3. The molecule has 3 atom stereocenters. The maximum atomic E-state index is 14.3. The monoisotopic (exact) mass is 541 g/mol. The molecule has 3 N–H and O–H groups in total. The molecule has 1 aromatic carbocycles. The molecule has 3 unspecified atom stereocenters. The number of benzene rings is 1. The van der Waals surface area contributed by atoms with E-state index in [1.54, 1.807) is 19.2 Å². The third-order valence-electron chi connectivity index (χ3n) is 7.63. The van der Waals surface area contributed by atoms with E-state index in [9.17, 15) is 14.3 Å². The minimum absolute atomic E-state index is 0.0275. The van der Waals surface area contributed by atoms with Crippen LogP contribution in [-0.4, -0.2) is 62.5 Å². The molecule has 0 aromatic heterocycles. The van der Waals surface area contributed by atoms with Crippen LogP contribution in [0.5, 0.6) is 0 Å². The van der Waals surface area contributed by atoms with Crippen LogP contribution < -0.4 is 10.6 Å². The maximum absolute atomic E-state index is 14.3. The van der Waals surface area contributed by atoms with Crippen LogP contribution >= 0.6 is 11.6 Å². The number of methoxy groups -OCH3 is 1. The predicted octanol–water partition coefficient (Wildman–Crippen LogP) is 6.32. The number of ether oxygens (including phenoxy) is 1. The first-order chi connectivity index (χ1) is 17.9. The molecular formula is C29H49ClFN3O3. The number of unbranched alkanes of at least 4 members (excludes halogenated alkanes) is 1. The largest absolute Gasteiger partial charge is 0.388 e. The summed E-state index contributed by atoms with van der Waals surface area (Å²) in [6, 6.07) is 4.84. The first-order valence-electron chi connectivity index (χ1n) is 14.2. The molecule has 2 amide bonds. The zero-order valence-corrected chi connectivity index (χ0v) is 23.9. The zero-order valence-electron chi connectivity index (χ0n) is 23.1. The molecule has 2 aliphatic rings. The quantitative estimate of drug-likeness (QED) is 0.303. The van der Waals surface area contributed by atoms with E-state index >= 15 is 0 Å². The number of hydrogen-bond acceptors (Lipinski definition) is 4. The van der Waals surface area contributed by atoms with Crippen LogP contribution in [0, 0.1) is 17.7 Å². The number of likely N-dealkylation sites (tertiary alicyclic amines) is 1. The molecule has 1 aromatic rings. The maximum Gasteiger partial charge on any atom is 0.317 e. The van der Waals surface area contributed by atoms with Crippen LogP contribution in [0.1, 0.15) is 89.2 Å². The van der Waals surface area contributed by atoms with Crippen LogP contribution in [0.4, 0.5) is 9.18 Å². The Morgan fingerprint density at radius 1 is 1.19 bits per heavy atom. The van der Waals surface area contributed by atoms with Crippen LogP contribution in [0.25, 0.3) is 0 Å². The highest BCUT2D eigenvalue weighted by molar-refractivity contribution is 6.30. The highest BCUT2D eigenvalue weighted by Gasteiger charge is 2.29. The SMILES string of the molecule is CCCCOC.CNCC(CC1CCCCC1)NC(=O)N1CCCC(C(O)c2cccc(Cl)c2F)CC1. The number of aliphatic hydroxyl groups is 1. The second-order valence-corrected chi connectivity index (χ2v) is 11.0. The number of aliphatic hydroxyl groups excluding tert-OH is 1. The summed E-state index contributed by atoms with van der Waals surface area (Å²) in [4.78, 5) is 14.8. The zero-order chi connectivity index (χ0) is 27.0. The molecule has 1 saturated carbocycles. The molecule has 3 rings (SSSR count). The van der Waals surface area contributed by atoms with E-state index in [2.05, 4.69) is 17.6 Å². The van der Waals surface area contributed by atoms with Gasteiger partial charge in [0.2, 0.25) is 0 Å². The Hall–Kier alpha value is -1.41. The molecule has 1 saturated heterocycles. The topological polar surface area (TPSA) is 73.8 Å². The number of nitrogens with zero attached hydrogens (tertiary/aromatic N) is 1. The van der Waals surface area contributed by atoms with Gasteiger partial charge in [0.1, 0.15) is 5.82 Å². The number of likely N-dealkylation sites (N-methyl/N-ethyl adjacent to an activating group) is 1. The van der Waals surface area contributed by atoms with Crippen molar-refractivity contribution in [2.75, 3.05) is 40.4 Å². The smallest absolute Gasteiger partial charge is 0.317 e. The number of nitrogens with one attached hydrogen (secondary N) is 2. The molecule has 1 aliphatic carbocycles. The van der Waals surface area contributed by atoms with Crippen molar-refractivity contribution >= 4 is 17.6 Å². The number of hydrogen-bond donors (Lipinski definition) is 3. The third-order valence-corrected chi connectivity index (χ3v) is 7.92. The average Bonchev–Trinajstić information content (AvgIpc) is 3.16. The van der Waals surface area contributed by atoms with E-state index in [-0.39, 0.29) is 28.6 Å². The average molecular weight is 542 g/mol. The second kappa shape index (κ2) is 18.0. The van der Waals surface area contributed by atoms with Gasteiger partial charge in [-0.05, 0) is 57.1 Å². The predicted molar refractivity (Wildman–Crippen MR) is 150 cm³/mol. The molecule has 37 heavy (non-hydrogen) atoms. The fourth-order valence-electron chi connectivity index (χ4n) is 5.46. The molecule has 8 heteroatoms. The minimum atomic E-state index is -0.912. The molecule has 0 spiro atoms. The van der Waals surface area contributed by atoms with Gasteiger partial charge in [-0.3, -0.25) is 0 Å². The van der Waals surface area contributed by atoms with E-state index in [0.717, 1.165) is 32.4 Å². The Morgan fingerprint density at radius 3 is 2.59 bits per heavy atom. The van der Waals surface area contributed by atoms with Crippen LogP contribution in [0.2, 0.25) is 5.02 Å². The lowest BCUT2D eigenvalue weighted by Crippen LogP contribution is -2.49. The number of amides is 2. The van der Waals surface area contributed by atoms with E-state index in [0.29, 0.717) is 25.4 Å². The number of urea groups is 1. The van der Waals surface area contributed by atoms with Crippen molar-refractivity contribution < 1.29 is 19.0 Å². The number of halogens is 2. The van der Waals surface area contributed by atoms with E-state index in [1.807, 2.05) is 11.9 Å². The Morgan fingerprint density at radius 2 is 1.95 bits per heavy atom. The van der Waals surface area contributed by atoms with E-state index in [1.165, 1.54) is 51.0 Å². The summed E-state index contributed by atoms with van der Waals surface area (Å²) < 4.78 is 19.1. The highest BCUT2D eigenvalue weighted by Crippen LogP contribution is 2.34. The van der Waals surface area contributed by atoms with Gasteiger partial charge in [0, 0.05) is 45.0 Å². The molecule has 0 bridgehead atoms. The van der Waals surface area contributed by atoms with Gasteiger partial charge >= 0.3 is 6.03 Å². The minimum Gasteiger partial charge on any atom is -0.388 e.